The van der Waals surface area contributed by atoms with Crippen molar-refractivity contribution >= 4 is 11.6 Å². The van der Waals surface area contributed by atoms with Crippen molar-refractivity contribution in [3.8, 4) is 5.75 Å². The maximum Gasteiger partial charge on any atom is 0.241 e. The summed E-state index contributed by atoms with van der Waals surface area (Å²) in [5.41, 5.74) is 2.23. The average Bonchev–Trinajstić information content (AvgIpc) is 2.40. The molecule has 3 N–H and O–H groups in total. The van der Waals surface area contributed by atoms with E-state index in [0.29, 0.717) is 11.6 Å². The maximum absolute atomic E-state index is 12.3. The molecule has 1 heterocycles. The average molecular weight is 262 g/mol. The lowest BCUT2D eigenvalue weighted by Crippen LogP contribution is -2.48. The minimum absolute atomic E-state index is 0.0152. The van der Waals surface area contributed by atoms with Gasteiger partial charge in [0.15, 0.2) is 0 Å². The topological polar surface area (TPSA) is 61.4 Å². The van der Waals surface area contributed by atoms with Crippen LogP contribution in [-0.4, -0.2) is 23.6 Å². The summed E-state index contributed by atoms with van der Waals surface area (Å²) in [7, 11) is 0. The highest BCUT2D eigenvalue weighted by Gasteiger charge is 2.27. The highest BCUT2D eigenvalue weighted by atomic mass is 16.3. The lowest BCUT2D eigenvalue weighted by molar-refractivity contribution is -0.119. The number of aryl methyl sites for hydroxylation is 1. The van der Waals surface area contributed by atoms with Crippen LogP contribution in [-0.2, 0) is 4.79 Å². The van der Waals surface area contributed by atoms with Crippen LogP contribution in [0.3, 0.4) is 0 Å². The summed E-state index contributed by atoms with van der Waals surface area (Å²) in [5.74, 6) is 0.578. The Labute approximate surface area is 114 Å². The molecule has 2 rings (SSSR count). The first kappa shape index (κ1) is 13.9. The number of rotatable bonds is 2. The van der Waals surface area contributed by atoms with E-state index in [1.807, 2.05) is 26.0 Å². The van der Waals surface area contributed by atoms with E-state index in [1.165, 1.54) is 0 Å². The number of anilines is 1. The molecule has 1 fully saturated rings. The number of aromatic hydroxyl groups is 1. The molecule has 0 saturated carbocycles. The van der Waals surface area contributed by atoms with Gasteiger partial charge in [-0.1, -0.05) is 13.0 Å². The fourth-order valence-corrected chi connectivity index (χ4v) is 2.58. The normalized spacial score (nSPS) is 23.1. The molecular formula is C15H22N2O2. The Balaban J connectivity index is 2.12. The van der Waals surface area contributed by atoms with E-state index < -0.39 is 0 Å². The maximum atomic E-state index is 12.3. The predicted molar refractivity (Wildman–Crippen MR) is 76.4 cm³/mol. The Kier molecular flexibility index (Phi) is 4.10. The monoisotopic (exact) mass is 262 g/mol. The van der Waals surface area contributed by atoms with Crippen LogP contribution in [0.15, 0.2) is 12.1 Å². The van der Waals surface area contributed by atoms with Gasteiger partial charge in [-0.15, -0.1) is 0 Å². The van der Waals surface area contributed by atoms with Gasteiger partial charge in [0.2, 0.25) is 5.91 Å². The quantitative estimate of drug-likeness (QED) is 0.766. The Bertz CT molecular complexity index is 485. The number of amides is 1. The zero-order chi connectivity index (χ0) is 14.0. The summed E-state index contributed by atoms with van der Waals surface area (Å²) in [6.07, 6.45) is 2.19. The molecular weight excluding hydrogens is 240 g/mol. The van der Waals surface area contributed by atoms with Gasteiger partial charge in [0.1, 0.15) is 5.75 Å². The molecule has 4 heteroatoms. The second-order valence-electron chi connectivity index (χ2n) is 5.44. The molecule has 104 valence electrons. The van der Waals surface area contributed by atoms with Gasteiger partial charge in [0.05, 0.1) is 6.04 Å². The van der Waals surface area contributed by atoms with Crippen LogP contribution in [0.1, 0.15) is 30.9 Å². The van der Waals surface area contributed by atoms with Crippen LogP contribution in [0.2, 0.25) is 0 Å². The van der Waals surface area contributed by atoms with Gasteiger partial charge < -0.3 is 15.7 Å². The summed E-state index contributed by atoms with van der Waals surface area (Å²) >= 11 is 0. The van der Waals surface area contributed by atoms with Crippen molar-refractivity contribution in [3.63, 3.8) is 0 Å². The van der Waals surface area contributed by atoms with E-state index in [9.17, 15) is 9.90 Å². The summed E-state index contributed by atoms with van der Waals surface area (Å²) in [5, 5.41) is 16.1. The molecule has 2 unspecified atom stereocenters. The minimum atomic E-state index is -0.142. The second kappa shape index (κ2) is 5.61. The lowest BCUT2D eigenvalue weighted by atomic mass is 9.92. The number of hydrogen-bond acceptors (Lipinski definition) is 3. The number of carbonyl (C=O) groups is 1. The van der Waals surface area contributed by atoms with Crippen LogP contribution < -0.4 is 10.6 Å². The summed E-state index contributed by atoms with van der Waals surface area (Å²) in [6.45, 7) is 6.64. The van der Waals surface area contributed by atoms with Crippen molar-refractivity contribution in [1.29, 1.82) is 0 Å². The number of nitrogens with one attached hydrogen (secondary N) is 2. The predicted octanol–water partition coefficient (Wildman–Crippen LogP) is 2.34. The molecule has 1 aliphatic heterocycles. The molecule has 2 atom stereocenters. The van der Waals surface area contributed by atoms with Gasteiger partial charge in [-0.05, 0) is 50.8 Å². The lowest BCUT2D eigenvalue weighted by Gasteiger charge is -2.29. The SMILES string of the molecule is Cc1ccc(NC(=O)C2NCCCC2C)c(C)c1O. The van der Waals surface area contributed by atoms with Gasteiger partial charge in [0.25, 0.3) is 0 Å². The third-order valence-electron chi connectivity index (χ3n) is 3.94. The van der Waals surface area contributed by atoms with E-state index >= 15 is 0 Å². The summed E-state index contributed by atoms with van der Waals surface area (Å²) in [4.78, 5) is 12.3. The highest BCUT2D eigenvalue weighted by Crippen LogP contribution is 2.28. The van der Waals surface area contributed by atoms with Gasteiger partial charge >= 0.3 is 0 Å². The van der Waals surface area contributed by atoms with E-state index in [-0.39, 0.29) is 17.7 Å². The van der Waals surface area contributed by atoms with E-state index in [2.05, 4.69) is 17.6 Å². The number of phenols is 1. The zero-order valence-electron chi connectivity index (χ0n) is 11.8. The van der Waals surface area contributed by atoms with Crippen molar-refractivity contribution < 1.29 is 9.90 Å². The third-order valence-corrected chi connectivity index (χ3v) is 3.94. The molecule has 0 aromatic heterocycles. The third kappa shape index (κ3) is 2.89. The van der Waals surface area contributed by atoms with E-state index in [4.69, 9.17) is 0 Å². The van der Waals surface area contributed by atoms with Crippen LogP contribution >= 0.6 is 0 Å². The number of piperidine rings is 1. The van der Waals surface area contributed by atoms with E-state index in [1.54, 1.807) is 0 Å². The number of benzene rings is 1. The Hall–Kier alpha value is -1.55. The molecule has 0 aliphatic carbocycles. The molecule has 19 heavy (non-hydrogen) atoms. The molecule has 1 aromatic carbocycles. The molecule has 0 spiro atoms. The first-order chi connectivity index (χ1) is 9.00. The fourth-order valence-electron chi connectivity index (χ4n) is 2.58. The van der Waals surface area contributed by atoms with E-state index in [0.717, 1.165) is 30.5 Å². The number of carbonyl (C=O) groups excluding carboxylic acids is 1. The van der Waals surface area contributed by atoms with Crippen molar-refractivity contribution in [3.05, 3.63) is 23.3 Å². The molecule has 1 saturated heterocycles. The molecule has 1 aromatic rings. The van der Waals surface area contributed by atoms with Gasteiger partial charge in [-0.2, -0.15) is 0 Å². The molecule has 1 aliphatic rings. The molecule has 4 nitrogen and oxygen atoms in total. The first-order valence-electron chi connectivity index (χ1n) is 6.84. The van der Waals surface area contributed by atoms with Gasteiger partial charge in [-0.25, -0.2) is 0 Å². The van der Waals surface area contributed by atoms with Crippen molar-refractivity contribution in [2.45, 2.75) is 39.7 Å². The molecule has 0 bridgehead atoms. The summed E-state index contributed by atoms with van der Waals surface area (Å²) in [6, 6.07) is 3.52. The van der Waals surface area contributed by atoms with Gasteiger partial charge in [0, 0.05) is 11.3 Å². The standard InChI is InChI=1S/C15H22N2O2/c1-9-5-4-8-16-13(9)15(19)17-12-7-6-10(2)14(18)11(12)3/h6-7,9,13,16,18H,4-5,8H2,1-3H3,(H,17,19). The van der Waals surface area contributed by atoms with Crippen molar-refractivity contribution in [2.75, 3.05) is 11.9 Å². The largest absolute Gasteiger partial charge is 0.507 e. The Morgan fingerprint density at radius 1 is 1.42 bits per heavy atom. The van der Waals surface area contributed by atoms with Crippen LogP contribution in [0, 0.1) is 19.8 Å². The van der Waals surface area contributed by atoms with Crippen LogP contribution in [0.5, 0.6) is 5.75 Å². The second-order valence-corrected chi connectivity index (χ2v) is 5.44. The Morgan fingerprint density at radius 2 is 2.16 bits per heavy atom. The van der Waals surface area contributed by atoms with Crippen molar-refractivity contribution in [1.82, 2.24) is 5.32 Å². The number of hydrogen-bond donors (Lipinski definition) is 3. The van der Waals surface area contributed by atoms with Gasteiger partial charge in [-0.3, -0.25) is 4.79 Å². The van der Waals surface area contributed by atoms with Crippen LogP contribution in [0.25, 0.3) is 0 Å². The number of phenolic OH excluding ortho intramolecular Hbond substituents is 1. The first-order valence-corrected chi connectivity index (χ1v) is 6.84. The Morgan fingerprint density at radius 3 is 2.84 bits per heavy atom. The minimum Gasteiger partial charge on any atom is -0.507 e. The summed E-state index contributed by atoms with van der Waals surface area (Å²) < 4.78 is 0. The molecule has 1 amide bonds. The zero-order valence-corrected chi connectivity index (χ0v) is 11.8. The van der Waals surface area contributed by atoms with Crippen molar-refractivity contribution in [2.24, 2.45) is 5.92 Å². The smallest absolute Gasteiger partial charge is 0.241 e. The fraction of sp³-hybridized carbons (Fsp3) is 0.533. The molecule has 0 radical (unpaired) electrons. The highest BCUT2D eigenvalue weighted by molar-refractivity contribution is 5.96. The van der Waals surface area contributed by atoms with Crippen LogP contribution in [0.4, 0.5) is 5.69 Å².